The monoisotopic (exact) mass is 463 g/mol. The van der Waals surface area contributed by atoms with E-state index in [1.165, 1.54) is 0 Å². The highest BCUT2D eigenvalue weighted by Gasteiger charge is 2.17. The molecule has 0 saturated heterocycles. The molecule has 32 heavy (non-hydrogen) atoms. The molecule has 1 aliphatic heterocycles. The summed E-state index contributed by atoms with van der Waals surface area (Å²) in [5.41, 5.74) is 3.47. The topological polar surface area (TPSA) is 98.7 Å². The van der Waals surface area contributed by atoms with E-state index < -0.39 is 10.1 Å². The summed E-state index contributed by atoms with van der Waals surface area (Å²) in [7, 11) is -3.92. The lowest BCUT2D eigenvalue weighted by Gasteiger charge is -2.22. The molecule has 0 amide bonds. The summed E-state index contributed by atoms with van der Waals surface area (Å²) < 4.78 is 41.7. The van der Waals surface area contributed by atoms with Gasteiger partial charge in [-0.25, -0.2) is 18.0 Å². The van der Waals surface area contributed by atoms with Crippen molar-refractivity contribution in [1.82, 2.24) is 9.56 Å². The Hall–Kier alpha value is -2.65. The van der Waals surface area contributed by atoms with E-state index in [0.29, 0.717) is 12.9 Å². The van der Waals surface area contributed by atoms with E-state index >= 15 is 0 Å². The maximum atomic E-state index is 9.08. The number of rotatable bonds is 7. The van der Waals surface area contributed by atoms with Crippen LogP contribution in [0.4, 0.5) is 5.69 Å². The molecule has 0 spiro atoms. The van der Waals surface area contributed by atoms with Crippen LogP contribution in [0, 0.1) is 0 Å². The highest BCUT2D eigenvalue weighted by Crippen LogP contribution is 2.34. The number of benzene rings is 2. The summed E-state index contributed by atoms with van der Waals surface area (Å²) in [5, 5.41) is 1.15. The Morgan fingerprint density at radius 1 is 1.06 bits per heavy atom. The van der Waals surface area contributed by atoms with Gasteiger partial charge in [-0.1, -0.05) is 0 Å². The second-order valence-corrected chi connectivity index (χ2v) is 8.55. The quantitative estimate of drug-likeness (QED) is 0.301. The molecule has 9 heteroatoms. The largest absolute Gasteiger partial charge is 0.748 e. The third-order valence-electron chi connectivity index (χ3n) is 4.98. The van der Waals surface area contributed by atoms with Crippen LogP contribution in [0.1, 0.15) is 34.6 Å². The van der Waals surface area contributed by atoms with Crippen LogP contribution in [0.2, 0.25) is 0 Å². The zero-order valence-corrected chi connectivity index (χ0v) is 20.5. The van der Waals surface area contributed by atoms with Crippen LogP contribution < -0.4 is 19.6 Å². The van der Waals surface area contributed by atoms with E-state index in [1.807, 2.05) is 13.0 Å². The Morgan fingerprint density at radius 3 is 2.22 bits per heavy atom. The molecule has 1 aromatic rings. The molecular formula is C23H33N3O5S. The highest BCUT2D eigenvalue weighted by atomic mass is 32.2. The smallest absolute Gasteiger partial charge is 0.203 e. The van der Waals surface area contributed by atoms with Crippen molar-refractivity contribution in [1.29, 1.82) is 0 Å². The van der Waals surface area contributed by atoms with E-state index in [1.54, 1.807) is 0 Å². The molecule has 0 N–H and O–H groups in total. The van der Waals surface area contributed by atoms with Gasteiger partial charge in [-0.15, -0.1) is 0 Å². The summed E-state index contributed by atoms with van der Waals surface area (Å²) in [6.45, 7) is 15.0. The first-order valence-electron chi connectivity index (χ1n) is 10.9. The van der Waals surface area contributed by atoms with Crippen LogP contribution in [-0.4, -0.2) is 57.0 Å². The average molecular weight is 464 g/mol. The second-order valence-electron chi connectivity index (χ2n) is 7.14. The van der Waals surface area contributed by atoms with E-state index in [0.717, 1.165) is 65.5 Å². The van der Waals surface area contributed by atoms with Gasteiger partial charge in [0.1, 0.15) is 24.3 Å². The molecule has 0 aromatic heterocycles. The number of nitrogens with zero attached hydrogens (tertiary/aromatic N) is 3. The molecule has 3 rings (SSSR count). The van der Waals surface area contributed by atoms with E-state index in [-0.39, 0.29) is 0 Å². The molecule has 0 saturated carbocycles. The van der Waals surface area contributed by atoms with Crippen molar-refractivity contribution in [2.45, 2.75) is 34.6 Å². The first-order chi connectivity index (χ1) is 15.1. The lowest BCUT2D eigenvalue weighted by molar-refractivity contribution is 0.343. The van der Waals surface area contributed by atoms with Gasteiger partial charge in [-0.05, 0) is 40.7 Å². The number of aromatic nitrogens is 1. The van der Waals surface area contributed by atoms with Gasteiger partial charge in [0.15, 0.2) is 17.1 Å². The minimum atomic E-state index is -3.92. The summed E-state index contributed by atoms with van der Waals surface area (Å²) in [5.74, 6) is 1.57. The van der Waals surface area contributed by atoms with Crippen molar-refractivity contribution in [3.63, 3.8) is 0 Å². The zero-order chi connectivity index (χ0) is 23.9. The molecule has 0 fully saturated rings. The molecule has 1 aliphatic carbocycles. The van der Waals surface area contributed by atoms with Crippen molar-refractivity contribution >= 4 is 26.9 Å². The van der Waals surface area contributed by atoms with Crippen LogP contribution in [0.5, 0.6) is 5.75 Å². The van der Waals surface area contributed by atoms with Gasteiger partial charge in [0, 0.05) is 43.2 Å². The van der Waals surface area contributed by atoms with E-state index in [4.69, 9.17) is 27.1 Å². The van der Waals surface area contributed by atoms with Crippen molar-refractivity contribution in [3.05, 3.63) is 35.7 Å². The normalized spacial score (nSPS) is 11.2. The molecule has 1 aromatic carbocycles. The first kappa shape index (κ1) is 25.6. The summed E-state index contributed by atoms with van der Waals surface area (Å²) in [6.07, 6.45) is 0.604. The fraction of sp³-hybridized carbons (Fsp3) is 0.478. The fourth-order valence-corrected chi connectivity index (χ4v) is 3.49. The van der Waals surface area contributed by atoms with Crippen molar-refractivity contribution in [2.24, 2.45) is 0 Å². The highest BCUT2D eigenvalue weighted by molar-refractivity contribution is 7.84. The molecule has 0 unspecified atom stereocenters. The van der Waals surface area contributed by atoms with Crippen molar-refractivity contribution in [3.8, 4) is 17.2 Å². The Balaban J connectivity index is 0.000000654. The lowest BCUT2D eigenvalue weighted by atomic mass is 10.2. The Kier molecular flexibility index (Phi) is 9.03. The van der Waals surface area contributed by atoms with Crippen LogP contribution in [0.15, 0.2) is 34.7 Å². The number of fused-ring (bicyclic) bond motifs is 2. The minimum Gasteiger partial charge on any atom is -0.748 e. The van der Waals surface area contributed by atoms with Gasteiger partial charge in [0.2, 0.25) is 5.36 Å². The van der Waals surface area contributed by atoms with Crippen LogP contribution in [0.25, 0.3) is 22.6 Å². The number of hydrogen-bond donors (Lipinski definition) is 0. The Labute approximate surface area is 190 Å². The van der Waals surface area contributed by atoms with Gasteiger partial charge < -0.3 is 18.6 Å². The lowest BCUT2D eigenvalue weighted by Crippen LogP contribution is -2.29. The Morgan fingerprint density at radius 2 is 1.69 bits per heavy atom. The Bertz CT molecular complexity index is 1170. The standard InChI is InChI=1S/C22H30N3O2.CH4O3S/c1-6-24(7-2)16-11-12-18-19(13-16)27-21-15-17(25(8-3)9-4)14-20(26-10-5)22(21)23-18;1-5(2,3)4/h11-15H,6-10H2,1-5H3;1H3,(H,2,3,4)/q+1;/p-1. The SMILES string of the molecule is CCOc1cc(N(CC)CC)cc2oc3cc(=[N+](CC)CC)ccc-3nc12.CS(=O)(=O)[O-]. The van der Waals surface area contributed by atoms with Gasteiger partial charge >= 0.3 is 0 Å². The van der Waals surface area contributed by atoms with Crippen LogP contribution >= 0.6 is 0 Å². The van der Waals surface area contributed by atoms with Gasteiger partial charge in [-0.2, -0.15) is 0 Å². The van der Waals surface area contributed by atoms with E-state index in [9.17, 15) is 0 Å². The minimum absolute atomic E-state index is 0.595. The molecular weight excluding hydrogens is 430 g/mol. The summed E-state index contributed by atoms with van der Waals surface area (Å²) >= 11 is 0. The molecule has 2 aliphatic rings. The predicted octanol–water partition coefficient (Wildman–Crippen LogP) is 3.15. The van der Waals surface area contributed by atoms with Crippen molar-refractivity contribution < 1.29 is 22.1 Å². The maximum absolute atomic E-state index is 9.08. The van der Waals surface area contributed by atoms with Crippen LogP contribution in [-0.2, 0) is 10.1 Å². The molecule has 0 radical (unpaired) electrons. The third kappa shape index (κ3) is 6.67. The summed E-state index contributed by atoms with van der Waals surface area (Å²) in [6, 6.07) is 10.4. The number of ether oxygens (including phenoxy) is 1. The molecule has 8 nitrogen and oxygen atoms in total. The molecule has 176 valence electrons. The maximum Gasteiger partial charge on any atom is 0.203 e. The third-order valence-corrected chi connectivity index (χ3v) is 4.98. The fourth-order valence-electron chi connectivity index (χ4n) is 3.49. The number of hydrogen-bond acceptors (Lipinski definition) is 7. The van der Waals surface area contributed by atoms with Gasteiger partial charge in [0.05, 0.1) is 22.8 Å². The summed E-state index contributed by atoms with van der Waals surface area (Å²) in [4.78, 5) is 7.13. The van der Waals surface area contributed by atoms with Gasteiger partial charge in [-0.3, -0.25) is 0 Å². The zero-order valence-electron chi connectivity index (χ0n) is 19.7. The molecule has 1 heterocycles. The van der Waals surface area contributed by atoms with Gasteiger partial charge in [0.25, 0.3) is 0 Å². The first-order valence-corrected chi connectivity index (χ1v) is 12.7. The average Bonchev–Trinajstić information content (AvgIpc) is 2.73. The molecule has 0 atom stereocenters. The molecule has 0 bridgehead atoms. The van der Waals surface area contributed by atoms with E-state index in [2.05, 4.69) is 61.4 Å². The second kappa shape index (κ2) is 11.3. The van der Waals surface area contributed by atoms with Crippen LogP contribution in [0.3, 0.4) is 0 Å². The number of anilines is 1. The van der Waals surface area contributed by atoms with Crippen molar-refractivity contribution in [2.75, 3.05) is 43.9 Å². The predicted molar refractivity (Wildman–Crippen MR) is 127 cm³/mol.